The van der Waals surface area contributed by atoms with Gasteiger partial charge in [0, 0.05) is 17.6 Å². The number of nitrogens with one attached hydrogen (secondary N) is 1. The van der Waals surface area contributed by atoms with Crippen LogP contribution in [-0.2, 0) is 4.79 Å². The lowest BCUT2D eigenvalue weighted by Gasteiger charge is -2.14. The predicted molar refractivity (Wildman–Crippen MR) is 52.3 cm³/mol. The van der Waals surface area contributed by atoms with E-state index >= 15 is 0 Å². The molecule has 1 fully saturated rings. The van der Waals surface area contributed by atoms with Crippen molar-refractivity contribution in [2.24, 2.45) is 5.92 Å². The van der Waals surface area contributed by atoms with Crippen molar-refractivity contribution < 1.29 is 9.90 Å². The predicted octanol–water partition coefficient (Wildman–Crippen LogP) is 1.20. The summed E-state index contributed by atoms with van der Waals surface area (Å²) in [5.74, 6) is -0.270. The van der Waals surface area contributed by atoms with Gasteiger partial charge in [-0.1, -0.05) is 0 Å². The largest absolute Gasteiger partial charge is 0.481 e. The van der Waals surface area contributed by atoms with E-state index in [-0.39, 0.29) is 12.5 Å². The standard InChI is InChI=1S/C8H11N3O2S/c12-7(13)3-6(5-1-2-5)11-8-9-4-10-14-8/h4-6H,1-3H2,(H,12,13)(H,9,10,11). The fourth-order valence-corrected chi connectivity index (χ4v) is 1.91. The van der Waals surface area contributed by atoms with Crippen molar-refractivity contribution in [1.29, 1.82) is 0 Å². The number of carboxylic acid groups (broad SMARTS) is 1. The van der Waals surface area contributed by atoms with E-state index in [2.05, 4.69) is 14.7 Å². The monoisotopic (exact) mass is 213 g/mol. The SMILES string of the molecule is O=C(O)CC(Nc1ncns1)C1CC1. The molecule has 1 saturated carbocycles. The lowest BCUT2D eigenvalue weighted by Crippen LogP contribution is -2.25. The van der Waals surface area contributed by atoms with Gasteiger partial charge in [0.25, 0.3) is 0 Å². The second-order valence-corrected chi connectivity index (χ2v) is 4.21. The van der Waals surface area contributed by atoms with Crippen LogP contribution in [0.2, 0.25) is 0 Å². The van der Waals surface area contributed by atoms with Crippen LogP contribution >= 0.6 is 11.5 Å². The summed E-state index contributed by atoms with van der Waals surface area (Å²) in [6.07, 6.45) is 3.86. The van der Waals surface area contributed by atoms with E-state index in [9.17, 15) is 4.79 Å². The number of rotatable bonds is 5. The molecule has 1 aromatic heterocycles. The first-order valence-corrected chi connectivity index (χ1v) is 5.28. The van der Waals surface area contributed by atoms with Gasteiger partial charge in [-0.15, -0.1) is 0 Å². The molecule has 6 heteroatoms. The molecule has 5 nitrogen and oxygen atoms in total. The van der Waals surface area contributed by atoms with Crippen molar-refractivity contribution >= 4 is 22.6 Å². The van der Waals surface area contributed by atoms with Gasteiger partial charge in [0.05, 0.1) is 6.42 Å². The summed E-state index contributed by atoms with van der Waals surface area (Å²) in [6, 6.07) is 0.0143. The minimum atomic E-state index is -0.765. The Labute approximate surface area is 85.3 Å². The highest BCUT2D eigenvalue weighted by Crippen LogP contribution is 2.35. The third-order valence-electron chi connectivity index (χ3n) is 2.26. The summed E-state index contributed by atoms with van der Waals surface area (Å²) in [5.41, 5.74) is 0. The molecule has 0 bridgehead atoms. The summed E-state index contributed by atoms with van der Waals surface area (Å²) in [4.78, 5) is 14.6. The maximum Gasteiger partial charge on any atom is 0.305 e. The smallest absolute Gasteiger partial charge is 0.305 e. The Kier molecular flexibility index (Phi) is 2.62. The molecule has 1 unspecified atom stereocenters. The zero-order chi connectivity index (χ0) is 9.97. The quantitative estimate of drug-likeness (QED) is 0.768. The maximum absolute atomic E-state index is 10.6. The molecule has 0 amide bonds. The number of hydrogen-bond donors (Lipinski definition) is 2. The lowest BCUT2D eigenvalue weighted by molar-refractivity contribution is -0.137. The lowest BCUT2D eigenvalue weighted by atomic mass is 10.1. The van der Waals surface area contributed by atoms with Crippen LogP contribution in [0.25, 0.3) is 0 Å². The van der Waals surface area contributed by atoms with Crippen LogP contribution < -0.4 is 5.32 Å². The Hall–Kier alpha value is -1.17. The van der Waals surface area contributed by atoms with E-state index in [0.717, 1.165) is 12.8 Å². The van der Waals surface area contributed by atoms with Crippen molar-refractivity contribution in [3.05, 3.63) is 6.33 Å². The molecule has 0 radical (unpaired) electrons. The average molecular weight is 213 g/mol. The number of carboxylic acids is 1. The van der Waals surface area contributed by atoms with Crippen LogP contribution in [-0.4, -0.2) is 26.5 Å². The zero-order valence-electron chi connectivity index (χ0n) is 7.51. The summed E-state index contributed by atoms with van der Waals surface area (Å²) < 4.78 is 3.85. The molecule has 0 aliphatic heterocycles. The van der Waals surface area contributed by atoms with Crippen molar-refractivity contribution in [2.45, 2.75) is 25.3 Å². The van der Waals surface area contributed by atoms with Crippen LogP contribution in [0.1, 0.15) is 19.3 Å². The molecule has 0 saturated heterocycles. The van der Waals surface area contributed by atoms with Crippen LogP contribution in [0.3, 0.4) is 0 Å². The number of anilines is 1. The van der Waals surface area contributed by atoms with E-state index in [1.165, 1.54) is 17.9 Å². The molecule has 1 aliphatic rings. The Morgan fingerprint density at radius 3 is 3.07 bits per heavy atom. The molecule has 1 aromatic rings. The van der Waals surface area contributed by atoms with Gasteiger partial charge >= 0.3 is 5.97 Å². The second-order valence-electron chi connectivity index (χ2n) is 3.43. The van der Waals surface area contributed by atoms with Gasteiger partial charge in [-0.2, -0.15) is 4.37 Å². The highest BCUT2D eigenvalue weighted by molar-refractivity contribution is 7.09. The Morgan fingerprint density at radius 2 is 2.57 bits per heavy atom. The van der Waals surface area contributed by atoms with E-state index in [4.69, 9.17) is 5.11 Å². The van der Waals surface area contributed by atoms with E-state index in [1.807, 2.05) is 0 Å². The number of aromatic nitrogens is 2. The van der Waals surface area contributed by atoms with Crippen LogP contribution in [0, 0.1) is 5.92 Å². The van der Waals surface area contributed by atoms with Gasteiger partial charge in [0.15, 0.2) is 0 Å². The highest BCUT2D eigenvalue weighted by Gasteiger charge is 2.33. The number of nitrogens with zero attached hydrogens (tertiary/aromatic N) is 2. The van der Waals surface area contributed by atoms with Crippen LogP contribution in [0.5, 0.6) is 0 Å². The van der Waals surface area contributed by atoms with Gasteiger partial charge in [-0.25, -0.2) is 4.98 Å². The molecule has 14 heavy (non-hydrogen) atoms. The normalized spacial score (nSPS) is 17.7. The first-order chi connectivity index (χ1) is 6.75. The highest BCUT2D eigenvalue weighted by atomic mass is 32.1. The van der Waals surface area contributed by atoms with E-state index in [1.54, 1.807) is 0 Å². The van der Waals surface area contributed by atoms with Crippen molar-refractivity contribution in [3.8, 4) is 0 Å². The van der Waals surface area contributed by atoms with Crippen LogP contribution in [0.4, 0.5) is 5.13 Å². The fourth-order valence-electron chi connectivity index (χ4n) is 1.42. The van der Waals surface area contributed by atoms with E-state index in [0.29, 0.717) is 11.0 Å². The molecule has 2 rings (SSSR count). The summed E-state index contributed by atoms with van der Waals surface area (Å²) in [5, 5.41) is 12.5. The third kappa shape index (κ3) is 2.41. The van der Waals surface area contributed by atoms with Gasteiger partial charge < -0.3 is 10.4 Å². The molecule has 1 heterocycles. The molecular formula is C8H11N3O2S. The minimum Gasteiger partial charge on any atom is -0.481 e. The number of carbonyl (C=O) groups is 1. The number of aliphatic carboxylic acids is 1. The number of hydrogen-bond acceptors (Lipinski definition) is 5. The Bertz CT molecular complexity index is 310. The van der Waals surface area contributed by atoms with Gasteiger partial charge in [0.1, 0.15) is 6.33 Å². The van der Waals surface area contributed by atoms with Gasteiger partial charge in [-0.05, 0) is 18.8 Å². The first-order valence-electron chi connectivity index (χ1n) is 4.50. The third-order valence-corrected chi connectivity index (χ3v) is 2.85. The summed E-state index contributed by atoms with van der Waals surface area (Å²) in [7, 11) is 0. The molecule has 0 aromatic carbocycles. The van der Waals surface area contributed by atoms with Crippen molar-refractivity contribution in [1.82, 2.24) is 9.36 Å². The van der Waals surface area contributed by atoms with Crippen molar-refractivity contribution in [3.63, 3.8) is 0 Å². The zero-order valence-corrected chi connectivity index (χ0v) is 8.33. The molecule has 76 valence electrons. The van der Waals surface area contributed by atoms with Gasteiger partial charge in [-0.3, -0.25) is 4.79 Å². The van der Waals surface area contributed by atoms with Crippen LogP contribution in [0.15, 0.2) is 6.33 Å². The molecule has 0 spiro atoms. The van der Waals surface area contributed by atoms with Crippen molar-refractivity contribution in [2.75, 3.05) is 5.32 Å². The Morgan fingerprint density at radius 1 is 1.79 bits per heavy atom. The molecule has 1 aliphatic carbocycles. The Balaban J connectivity index is 1.93. The topological polar surface area (TPSA) is 75.1 Å². The maximum atomic E-state index is 10.6. The summed E-state index contributed by atoms with van der Waals surface area (Å²) in [6.45, 7) is 0. The molecular weight excluding hydrogens is 202 g/mol. The fraction of sp³-hybridized carbons (Fsp3) is 0.625. The van der Waals surface area contributed by atoms with E-state index < -0.39 is 5.97 Å². The minimum absolute atomic E-state index is 0.0143. The summed E-state index contributed by atoms with van der Waals surface area (Å²) >= 11 is 1.26. The average Bonchev–Trinajstić information content (AvgIpc) is 2.85. The molecule has 2 N–H and O–H groups in total. The molecule has 1 atom stereocenters. The van der Waals surface area contributed by atoms with Gasteiger partial charge in [0.2, 0.25) is 5.13 Å². The second kappa shape index (κ2) is 3.91. The first kappa shape index (κ1) is 9.39.